The van der Waals surface area contributed by atoms with Crippen LogP contribution in [-0.4, -0.2) is 49.7 Å². The number of amides is 1. The summed E-state index contributed by atoms with van der Waals surface area (Å²) in [5.74, 6) is -0.343. The van der Waals surface area contributed by atoms with Crippen LogP contribution in [0.1, 0.15) is 25.7 Å². The van der Waals surface area contributed by atoms with Crippen molar-refractivity contribution >= 4 is 11.9 Å². The summed E-state index contributed by atoms with van der Waals surface area (Å²) in [7, 11) is 1.39. The minimum atomic E-state index is -0.286. The second kappa shape index (κ2) is 5.49. The first-order valence-corrected chi connectivity index (χ1v) is 6.20. The lowest BCUT2D eigenvalue weighted by atomic mass is 9.97. The Morgan fingerprint density at radius 3 is 2.76 bits per heavy atom. The van der Waals surface area contributed by atoms with E-state index < -0.39 is 0 Å². The summed E-state index contributed by atoms with van der Waals surface area (Å²) in [5.41, 5.74) is 0. The van der Waals surface area contributed by atoms with Crippen molar-refractivity contribution in [3.05, 3.63) is 0 Å². The van der Waals surface area contributed by atoms with E-state index in [0.717, 1.165) is 32.2 Å². The average molecular weight is 241 g/mol. The summed E-state index contributed by atoms with van der Waals surface area (Å²) < 4.78 is 10.1. The molecule has 2 heterocycles. The number of piperidine rings is 1. The standard InChI is InChI=1S/C12H19NO4/c1-16-12(15)9-4-2-6-13(8-9)11(14)10-5-3-7-17-10/h9-10H,2-8H2,1H3. The van der Waals surface area contributed by atoms with Gasteiger partial charge in [0.15, 0.2) is 0 Å². The Labute approximate surface area is 101 Å². The van der Waals surface area contributed by atoms with Gasteiger partial charge in [-0.25, -0.2) is 0 Å². The quantitative estimate of drug-likeness (QED) is 0.663. The van der Waals surface area contributed by atoms with E-state index in [1.807, 2.05) is 0 Å². The summed E-state index contributed by atoms with van der Waals surface area (Å²) in [5, 5.41) is 0. The van der Waals surface area contributed by atoms with Gasteiger partial charge < -0.3 is 14.4 Å². The van der Waals surface area contributed by atoms with Crippen LogP contribution in [0.4, 0.5) is 0 Å². The first kappa shape index (κ1) is 12.4. The fourth-order valence-corrected chi connectivity index (χ4v) is 2.51. The monoisotopic (exact) mass is 241 g/mol. The second-order valence-electron chi connectivity index (χ2n) is 4.65. The largest absolute Gasteiger partial charge is 0.469 e. The molecule has 2 unspecified atom stereocenters. The minimum absolute atomic E-state index is 0.0381. The highest BCUT2D eigenvalue weighted by Crippen LogP contribution is 2.21. The summed E-state index contributed by atoms with van der Waals surface area (Å²) in [4.78, 5) is 25.3. The Kier molecular flexibility index (Phi) is 3.99. The predicted octanol–water partition coefficient (Wildman–Crippen LogP) is 0.577. The van der Waals surface area contributed by atoms with Crippen molar-refractivity contribution in [2.75, 3.05) is 26.8 Å². The number of nitrogens with zero attached hydrogens (tertiary/aromatic N) is 1. The van der Waals surface area contributed by atoms with Crippen LogP contribution in [0.2, 0.25) is 0 Å². The van der Waals surface area contributed by atoms with Gasteiger partial charge in [-0.2, -0.15) is 0 Å². The Morgan fingerprint density at radius 2 is 2.12 bits per heavy atom. The molecule has 5 heteroatoms. The maximum atomic E-state index is 12.1. The van der Waals surface area contributed by atoms with Crippen molar-refractivity contribution < 1.29 is 19.1 Å². The van der Waals surface area contributed by atoms with E-state index in [0.29, 0.717) is 13.2 Å². The molecule has 0 aromatic heterocycles. The van der Waals surface area contributed by atoms with Crippen molar-refractivity contribution in [2.45, 2.75) is 31.8 Å². The normalized spacial score (nSPS) is 29.1. The van der Waals surface area contributed by atoms with E-state index in [4.69, 9.17) is 9.47 Å². The van der Waals surface area contributed by atoms with Crippen LogP contribution in [0.3, 0.4) is 0 Å². The van der Waals surface area contributed by atoms with E-state index in [1.54, 1.807) is 4.90 Å². The third-order valence-electron chi connectivity index (χ3n) is 3.47. The molecule has 2 aliphatic heterocycles. The SMILES string of the molecule is COC(=O)C1CCCN(C(=O)C2CCCO2)C1. The maximum Gasteiger partial charge on any atom is 0.310 e. The Hall–Kier alpha value is -1.10. The molecule has 0 saturated carbocycles. The van der Waals surface area contributed by atoms with E-state index in [9.17, 15) is 9.59 Å². The summed E-state index contributed by atoms with van der Waals surface area (Å²) in [6.07, 6.45) is 3.13. The zero-order chi connectivity index (χ0) is 12.3. The molecule has 2 rings (SSSR count). The number of likely N-dealkylation sites (tertiary alicyclic amines) is 1. The lowest BCUT2D eigenvalue weighted by Gasteiger charge is -2.32. The maximum absolute atomic E-state index is 12.1. The molecule has 0 bridgehead atoms. The lowest BCUT2D eigenvalue weighted by Crippen LogP contribution is -2.46. The number of ether oxygens (including phenoxy) is 2. The molecule has 0 radical (unpaired) electrons. The molecule has 1 amide bonds. The average Bonchev–Trinajstić information content (AvgIpc) is 2.91. The van der Waals surface area contributed by atoms with Gasteiger partial charge in [0.05, 0.1) is 13.0 Å². The number of methoxy groups -OCH3 is 1. The van der Waals surface area contributed by atoms with Gasteiger partial charge in [-0.05, 0) is 25.7 Å². The molecule has 0 spiro atoms. The Bertz CT molecular complexity index is 299. The van der Waals surface area contributed by atoms with Crippen LogP contribution in [0.15, 0.2) is 0 Å². The van der Waals surface area contributed by atoms with Gasteiger partial charge in [-0.1, -0.05) is 0 Å². The van der Waals surface area contributed by atoms with Gasteiger partial charge in [-0.15, -0.1) is 0 Å². The Morgan fingerprint density at radius 1 is 1.29 bits per heavy atom. The molecule has 17 heavy (non-hydrogen) atoms. The number of rotatable bonds is 2. The topological polar surface area (TPSA) is 55.8 Å². The van der Waals surface area contributed by atoms with E-state index in [1.165, 1.54) is 7.11 Å². The molecule has 0 aliphatic carbocycles. The van der Waals surface area contributed by atoms with Gasteiger partial charge in [0.2, 0.25) is 0 Å². The number of carbonyl (C=O) groups excluding carboxylic acids is 2. The van der Waals surface area contributed by atoms with Crippen LogP contribution < -0.4 is 0 Å². The molecule has 96 valence electrons. The summed E-state index contributed by atoms with van der Waals surface area (Å²) >= 11 is 0. The third kappa shape index (κ3) is 2.77. The van der Waals surface area contributed by atoms with Crippen LogP contribution in [-0.2, 0) is 19.1 Å². The highest BCUT2D eigenvalue weighted by atomic mass is 16.5. The van der Waals surface area contributed by atoms with E-state index in [-0.39, 0.29) is 23.9 Å². The zero-order valence-electron chi connectivity index (χ0n) is 10.2. The molecular weight excluding hydrogens is 222 g/mol. The Balaban J connectivity index is 1.92. The fourth-order valence-electron chi connectivity index (χ4n) is 2.51. The number of hydrogen-bond acceptors (Lipinski definition) is 4. The van der Waals surface area contributed by atoms with E-state index >= 15 is 0 Å². The molecular formula is C12H19NO4. The van der Waals surface area contributed by atoms with Crippen LogP contribution in [0.25, 0.3) is 0 Å². The molecule has 2 atom stereocenters. The van der Waals surface area contributed by atoms with Crippen molar-refractivity contribution in [1.29, 1.82) is 0 Å². The lowest BCUT2D eigenvalue weighted by molar-refractivity contribution is -0.151. The minimum Gasteiger partial charge on any atom is -0.469 e. The highest BCUT2D eigenvalue weighted by Gasteiger charge is 2.33. The summed E-state index contributed by atoms with van der Waals surface area (Å²) in [6.45, 7) is 1.88. The smallest absolute Gasteiger partial charge is 0.310 e. The first-order chi connectivity index (χ1) is 8.22. The first-order valence-electron chi connectivity index (χ1n) is 6.20. The molecule has 0 aromatic carbocycles. The van der Waals surface area contributed by atoms with Crippen molar-refractivity contribution in [3.8, 4) is 0 Å². The molecule has 0 aromatic rings. The predicted molar refractivity (Wildman–Crippen MR) is 60.3 cm³/mol. The van der Waals surface area contributed by atoms with E-state index in [2.05, 4.69) is 0 Å². The highest BCUT2D eigenvalue weighted by molar-refractivity contribution is 5.82. The van der Waals surface area contributed by atoms with Gasteiger partial charge in [-0.3, -0.25) is 9.59 Å². The van der Waals surface area contributed by atoms with Crippen molar-refractivity contribution in [2.24, 2.45) is 5.92 Å². The number of carbonyl (C=O) groups is 2. The second-order valence-corrected chi connectivity index (χ2v) is 4.65. The summed E-state index contributed by atoms with van der Waals surface area (Å²) in [6, 6.07) is 0. The number of esters is 1. The number of hydrogen-bond donors (Lipinski definition) is 0. The molecule has 2 fully saturated rings. The van der Waals surface area contributed by atoms with Gasteiger partial charge >= 0.3 is 5.97 Å². The molecule has 5 nitrogen and oxygen atoms in total. The third-order valence-corrected chi connectivity index (χ3v) is 3.47. The van der Waals surface area contributed by atoms with Crippen molar-refractivity contribution in [3.63, 3.8) is 0 Å². The van der Waals surface area contributed by atoms with Crippen LogP contribution in [0.5, 0.6) is 0 Å². The van der Waals surface area contributed by atoms with Gasteiger partial charge in [0, 0.05) is 19.7 Å². The van der Waals surface area contributed by atoms with Gasteiger partial charge in [0.25, 0.3) is 5.91 Å². The fraction of sp³-hybridized carbons (Fsp3) is 0.833. The van der Waals surface area contributed by atoms with Crippen LogP contribution in [0, 0.1) is 5.92 Å². The van der Waals surface area contributed by atoms with Crippen molar-refractivity contribution in [1.82, 2.24) is 4.90 Å². The zero-order valence-corrected chi connectivity index (χ0v) is 10.2. The molecule has 2 aliphatic rings. The molecule has 2 saturated heterocycles. The van der Waals surface area contributed by atoms with Crippen LogP contribution >= 0.6 is 0 Å². The molecule has 0 N–H and O–H groups in total. The van der Waals surface area contributed by atoms with Gasteiger partial charge in [0.1, 0.15) is 6.10 Å².